The first kappa shape index (κ1) is 22.7. The van der Waals surface area contributed by atoms with E-state index >= 15 is 0 Å². The SMILES string of the molecule is C[C@]12CCC(=O)C=C1CCC1C2CC[C@@]2(C)C1CC[C@@H]2OC(=O)c1ccc(S(N)(=O)=O)nc1. The summed E-state index contributed by atoms with van der Waals surface area (Å²) in [4.78, 5) is 28.7. The van der Waals surface area contributed by atoms with Crippen molar-refractivity contribution < 1.29 is 22.7 Å². The van der Waals surface area contributed by atoms with Gasteiger partial charge >= 0.3 is 5.97 Å². The molecule has 7 nitrogen and oxygen atoms in total. The van der Waals surface area contributed by atoms with Crippen LogP contribution in [-0.4, -0.2) is 31.3 Å². The molecule has 0 bridgehead atoms. The topological polar surface area (TPSA) is 116 Å². The number of esters is 1. The number of carbonyl (C=O) groups is 2. The van der Waals surface area contributed by atoms with E-state index in [2.05, 4.69) is 18.8 Å². The molecule has 0 radical (unpaired) electrons. The first-order chi connectivity index (χ1) is 15.5. The highest BCUT2D eigenvalue weighted by Crippen LogP contribution is 2.65. The van der Waals surface area contributed by atoms with Gasteiger partial charge < -0.3 is 4.74 Å². The third kappa shape index (κ3) is 3.66. The van der Waals surface area contributed by atoms with Crippen molar-refractivity contribution in [3.05, 3.63) is 35.5 Å². The number of sulfonamides is 1. The Balaban J connectivity index is 1.33. The van der Waals surface area contributed by atoms with E-state index in [1.807, 2.05) is 6.08 Å². The fourth-order valence-corrected chi connectivity index (χ4v) is 8.03. The van der Waals surface area contributed by atoms with Crippen LogP contribution < -0.4 is 5.14 Å². The zero-order chi connectivity index (χ0) is 23.6. The Hall–Kier alpha value is -2.06. The number of ketones is 1. The number of ether oxygens (including phenoxy) is 1. The summed E-state index contributed by atoms with van der Waals surface area (Å²) in [6.07, 6.45) is 10.7. The zero-order valence-corrected chi connectivity index (χ0v) is 20.1. The van der Waals surface area contributed by atoms with Crippen LogP contribution in [0, 0.1) is 28.6 Å². The maximum absolute atomic E-state index is 12.8. The lowest BCUT2D eigenvalue weighted by molar-refractivity contribution is -0.118. The van der Waals surface area contributed by atoms with Crippen LogP contribution in [0.3, 0.4) is 0 Å². The lowest BCUT2D eigenvalue weighted by Crippen LogP contribution is -2.51. The summed E-state index contributed by atoms with van der Waals surface area (Å²) >= 11 is 0. The number of hydrogen-bond donors (Lipinski definition) is 1. The van der Waals surface area contributed by atoms with Crippen molar-refractivity contribution in [1.29, 1.82) is 0 Å². The number of nitrogens with two attached hydrogens (primary N) is 1. The molecule has 0 aliphatic heterocycles. The van der Waals surface area contributed by atoms with Gasteiger partial charge in [0.2, 0.25) is 0 Å². The number of rotatable bonds is 3. The molecule has 1 aromatic rings. The number of hydrogen-bond acceptors (Lipinski definition) is 6. The van der Waals surface area contributed by atoms with Crippen molar-refractivity contribution >= 4 is 21.8 Å². The van der Waals surface area contributed by atoms with E-state index in [1.165, 1.54) is 23.9 Å². The van der Waals surface area contributed by atoms with E-state index in [9.17, 15) is 18.0 Å². The number of pyridine rings is 1. The lowest BCUT2D eigenvalue weighted by atomic mass is 9.47. The Bertz CT molecular complexity index is 1130. The molecule has 1 aromatic heterocycles. The minimum atomic E-state index is -3.91. The molecule has 0 spiro atoms. The Kier molecular flexibility index (Phi) is 5.32. The molecule has 4 aliphatic carbocycles. The summed E-state index contributed by atoms with van der Waals surface area (Å²) in [6.45, 7) is 4.65. The van der Waals surface area contributed by atoms with Crippen molar-refractivity contribution in [3.63, 3.8) is 0 Å². The van der Waals surface area contributed by atoms with Crippen molar-refractivity contribution in [2.75, 3.05) is 0 Å². The van der Waals surface area contributed by atoms with E-state index in [0.29, 0.717) is 24.2 Å². The molecule has 3 unspecified atom stereocenters. The van der Waals surface area contributed by atoms with Crippen LogP contribution >= 0.6 is 0 Å². The Morgan fingerprint density at radius 3 is 2.58 bits per heavy atom. The lowest BCUT2D eigenvalue weighted by Gasteiger charge is -2.57. The van der Waals surface area contributed by atoms with Crippen molar-refractivity contribution in [2.45, 2.75) is 76.3 Å². The summed E-state index contributed by atoms with van der Waals surface area (Å²) in [5, 5.41) is 4.82. The molecule has 2 N–H and O–H groups in total. The Morgan fingerprint density at radius 2 is 1.88 bits per heavy atom. The number of primary sulfonamides is 1. The van der Waals surface area contributed by atoms with Crippen LogP contribution in [-0.2, 0) is 19.6 Å². The van der Waals surface area contributed by atoms with Gasteiger partial charge in [0.1, 0.15) is 6.10 Å². The van der Waals surface area contributed by atoms with Crippen LogP contribution in [0.15, 0.2) is 35.0 Å². The van der Waals surface area contributed by atoms with Gasteiger partial charge in [-0.1, -0.05) is 19.4 Å². The van der Waals surface area contributed by atoms with Gasteiger partial charge in [0, 0.05) is 18.0 Å². The first-order valence-corrected chi connectivity index (χ1v) is 13.5. The van der Waals surface area contributed by atoms with E-state index in [0.717, 1.165) is 44.9 Å². The second-order valence-electron chi connectivity index (χ2n) is 10.9. The summed E-state index contributed by atoms with van der Waals surface area (Å²) < 4.78 is 28.8. The van der Waals surface area contributed by atoms with Gasteiger partial charge in [-0.15, -0.1) is 0 Å². The molecule has 8 heteroatoms. The van der Waals surface area contributed by atoms with Crippen LogP contribution in [0.5, 0.6) is 0 Å². The second kappa shape index (κ2) is 7.73. The molecule has 0 amide bonds. The number of allylic oxidation sites excluding steroid dienone is 1. The second-order valence-corrected chi connectivity index (χ2v) is 12.4. The van der Waals surface area contributed by atoms with Gasteiger partial charge in [-0.25, -0.2) is 23.3 Å². The predicted molar refractivity (Wildman–Crippen MR) is 122 cm³/mol. The summed E-state index contributed by atoms with van der Waals surface area (Å²) in [5.74, 6) is 1.50. The smallest absolute Gasteiger partial charge is 0.339 e. The quantitative estimate of drug-likeness (QED) is 0.669. The van der Waals surface area contributed by atoms with Gasteiger partial charge in [0.15, 0.2) is 10.8 Å². The molecule has 0 saturated heterocycles. The zero-order valence-electron chi connectivity index (χ0n) is 19.2. The Labute approximate surface area is 195 Å². The van der Waals surface area contributed by atoms with E-state index in [-0.39, 0.29) is 33.3 Å². The van der Waals surface area contributed by atoms with Crippen molar-refractivity contribution in [2.24, 2.45) is 33.7 Å². The van der Waals surface area contributed by atoms with Crippen LogP contribution in [0.25, 0.3) is 0 Å². The summed E-state index contributed by atoms with van der Waals surface area (Å²) in [5.41, 5.74) is 1.66. The van der Waals surface area contributed by atoms with Crippen LogP contribution in [0.4, 0.5) is 0 Å². The monoisotopic (exact) mass is 472 g/mol. The van der Waals surface area contributed by atoms with Gasteiger partial charge in [0.25, 0.3) is 10.0 Å². The highest BCUT2D eigenvalue weighted by atomic mass is 32.2. The van der Waals surface area contributed by atoms with Crippen LogP contribution in [0.2, 0.25) is 0 Å². The van der Waals surface area contributed by atoms with Crippen LogP contribution in [0.1, 0.15) is 75.6 Å². The first-order valence-electron chi connectivity index (χ1n) is 12.0. The standard InChI is InChI=1S/C25H32N2O5S/c1-24-11-9-17(28)13-16(24)4-5-18-19-6-7-21(25(19,2)12-10-20(18)24)32-23(29)15-3-8-22(27-14-15)33(26,30)31/h3,8,13-14,18-21H,4-7,9-12H2,1-2H3,(H2,26,30,31)/t18?,19?,20?,21-,24-,25-/m0/s1. The highest BCUT2D eigenvalue weighted by Gasteiger charge is 2.60. The Morgan fingerprint density at radius 1 is 1.09 bits per heavy atom. The van der Waals surface area contributed by atoms with E-state index < -0.39 is 16.0 Å². The molecule has 33 heavy (non-hydrogen) atoms. The van der Waals surface area contributed by atoms with Gasteiger partial charge in [-0.2, -0.15) is 0 Å². The third-order valence-corrected chi connectivity index (χ3v) is 10.2. The number of carbonyl (C=O) groups excluding carboxylic acids is 2. The van der Waals surface area contributed by atoms with Gasteiger partial charge in [-0.3, -0.25) is 4.79 Å². The van der Waals surface area contributed by atoms with Gasteiger partial charge in [-0.05, 0) is 86.3 Å². The normalized spacial score (nSPS) is 38.0. The maximum atomic E-state index is 12.8. The molecule has 3 fully saturated rings. The van der Waals surface area contributed by atoms with E-state index in [1.54, 1.807) is 0 Å². The molecule has 4 aliphatic rings. The minimum absolute atomic E-state index is 0.0626. The van der Waals surface area contributed by atoms with Gasteiger partial charge in [0.05, 0.1) is 5.56 Å². The number of aromatic nitrogens is 1. The highest BCUT2D eigenvalue weighted by molar-refractivity contribution is 7.89. The molecule has 0 aromatic carbocycles. The fraction of sp³-hybridized carbons (Fsp3) is 0.640. The summed E-state index contributed by atoms with van der Waals surface area (Å²) in [6, 6.07) is 2.64. The average Bonchev–Trinajstić information content (AvgIpc) is 3.10. The largest absolute Gasteiger partial charge is 0.458 e. The number of fused-ring (bicyclic) bond motifs is 5. The van der Waals surface area contributed by atoms with Crippen molar-refractivity contribution in [3.8, 4) is 0 Å². The molecule has 1 heterocycles. The maximum Gasteiger partial charge on any atom is 0.339 e. The molecule has 6 atom stereocenters. The fourth-order valence-electron chi connectivity index (χ4n) is 7.57. The average molecular weight is 473 g/mol. The van der Waals surface area contributed by atoms with E-state index in [4.69, 9.17) is 9.88 Å². The summed E-state index contributed by atoms with van der Waals surface area (Å²) in [7, 11) is -3.91. The minimum Gasteiger partial charge on any atom is -0.458 e. The number of nitrogens with zero attached hydrogens (tertiary/aromatic N) is 1. The molecule has 3 saturated carbocycles. The van der Waals surface area contributed by atoms with Crippen molar-refractivity contribution in [1.82, 2.24) is 4.98 Å². The molecule has 5 rings (SSSR count). The third-order valence-electron chi connectivity index (χ3n) is 9.39. The molecular weight excluding hydrogens is 440 g/mol. The predicted octanol–water partition coefficient (Wildman–Crippen LogP) is 3.79. The molecular formula is C25H32N2O5S. The molecule has 178 valence electrons.